The van der Waals surface area contributed by atoms with Gasteiger partial charge in [-0.1, -0.05) is 45.0 Å². The third-order valence-corrected chi connectivity index (χ3v) is 4.24. The van der Waals surface area contributed by atoms with Crippen LogP contribution >= 0.6 is 12.4 Å². The number of aliphatic hydroxyl groups excluding tert-OH is 1. The molecular formula is C19H29ClN4O2. The molecule has 0 aliphatic carbocycles. The van der Waals surface area contributed by atoms with Crippen LogP contribution < -0.4 is 10.6 Å². The summed E-state index contributed by atoms with van der Waals surface area (Å²) >= 11 is 0. The van der Waals surface area contributed by atoms with Crippen molar-refractivity contribution in [2.45, 2.75) is 38.3 Å². The van der Waals surface area contributed by atoms with E-state index >= 15 is 0 Å². The second-order valence-electron chi connectivity index (χ2n) is 7.30. The van der Waals surface area contributed by atoms with E-state index in [0.29, 0.717) is 0 Å². The Hall–Kier alpha value is -1.89. The van der Waals surface area contributed by atoms with Crippen molar-refractivity contribution in [3.63, 3.8) is 0 Å². The van der Waals surface area contributed by atoms with Crippen LogP contribution in [-0.4, -0.2) is 34.4 Å². The average molecular weight is 381 g/mol. The van der Waals surface area contributed by atoms with Crippen molar-refractivity contribution >= 4 is 18.3 Å². The highest BCUT2D eigenvalue weighted by atomic mass is 35.5. The number of nitrogens with zero attached hydrogens (tertiary/aromatic N) is 2. The number of aryl methyl sites for hydroxylation is 1. The van der Waals surface area contributed by atoms with E-state index in [1.54, 1.807) is 31.2 Å². The normalized spacial score (nSPS) is 13.6. The van der Waals surface area contributed by atoms with Gasteiger partial charge in [0, 0.05) is 25.4 Å². The molecule has 0 bridgehead atoms. The third-order valence-electron chi connectivity index (χ3n) is 4.24. The minimum absolute atomic E-state index is 0. The van der Waals surface area contributed by atoms with E-state index in [-0.39, 0.29) is 30.3 Å². The van der Waals surface area contributed by atoms with Crippen molar-refractivity contribution in [1.82, 2.24) is 20.4 Å². The van der Waals surface area contributed by atoms with Gasteiger partial charge in [-0.05, 0) is 23.6 Å². The molecule has 1 amide bonds. The summed E-state index contributed by atoms with van der Waals surface area (Å²) < 4.78 is 1.65. The number of carbonyl (C=O) groups is 1. The summed E-state index contributed by atoms with van der Waals surface area (Å²) in [4.78, 5) is 12.4. The molecule has 2 atom stereocenters. The highest BCUT2D eigenvalue weighted by molar-refractivity contribution is 5.85. The van der Waals surface area contributed by atoms with Crippen LogP contribution in [-0.2, 0) is 17.3 Å². The quantitative estimate of drug-likeness (QED) is 0.718. The van der Waals surface area contributed by atoms with Crippen molar-refractivity contribution < 1.29 is 9.90 Å². The molecule has 2 rings (SSSR count). The molecule has 0 aliphatic rings. The summed E-state index contributed by atoms with van der Waals surface area (Å²) in [5, 5.41) is 20.2. The molecule has 1 aromatic heterocycles. The molecule has 3 N–H and O–H groups in total. The molecule has 6 nitrogen and oxygen atoms in total. The van der Waals surface area contributed by atoms with Gasteiger partial charge in [0.15, 0.2) is 0 Å². The Balaban J connectivity index is 0.00000338. The maximum Gasteiger partial charge on any atom is 0.241 e. The fourth-order valence-electron chi connectivity index (χ4n) is 2.66. The number of halogens is 1. The molecule has 0 fully saturated rings. The maximum absolute atomic E-state index is 12.4. The van der Waals surface area contributed by atoms with Gasteiger partial charge in [0.2, 0.25) is 5.91 Å². The summed E-state index contributed by atoms with van der Waals surface area (Å²) in [6.07, 6.45) is 2.70. The first-order valence-corrected chi connectivity index (χ1v) is 8.44. The largest absolute Gasteiger partial charge is 0.387 e. The van der Waals surface area contributed by atoms with E-state index in [0.717, 1.165) is 11.1 Å². The zero-order valence-electron chi connectivity index (χ0n) is 16.0. The predicted octanol–water partition coefficient (Wildman–Crippen LogP) is 2.25. The number of benzene rings is 1. The first kappa shape index (κ1) is 22.2. The molecule has 144 valence electrons. The minimum atomic E-state index is -0.746. The average Bonchev–Trinajstić information content (AvgIpc) is 2.98. The fraction of sp³-hybridized carbons (Fsp3) is 0.474. The van der Waals surface area contributed by atoms with Gasteiger partial charge in [-0.2, -0.15) is 5.10 Å². The topological polar surface area (TPSA) is 79.2 Å². The smallest absolute Gasteiger partial charge is 0.241 e. The molecule has 2 aromatic rings. The number of nitrogens with one attached hydrogen (secondary N) is 2. The monoisotopic (exact) mass is 380 g/mol. The lowest BCUT2D eigenvalue weighted by Crippen LogP contribution is -2.37. The number of amides is 1. The number of aliphatic hydroxyl groups is 1. The van der Waals surface area contributed by atoms with Crippen LogP contribution in [0, 0.1) is 0 Å². The molecule has 0 saturated carbocycles. The summed E-state index contributed by atoms with van der Waals surface area (Å²) in [6, 6.07) is 7.37. The molecule has 0 radical (unpaired) electrons. The minimum Gasteiger partial charge on any atom is -0.387 e. The Morgan fingerprint density at radius 1 is 1.23 bits per heavy atom. The highest BCUT2D eigenvalue weighted by Crippen LogP contribution is 2.24. The second-order valence-corrected chi connectivity index (χ2v) is 7.30. The maximum atomic E-state index is 12.4. The van der Waals surface area contributed by atoms with Crippen LogP contribution in [0.15, 0.2) is 36.7 Å². The summed E-state index contributed by atoms with van der Waals surface area (Å²) in [5.41, 5.74) is 2.85. The number of hydrogen-bond acceptors (Lipinski definition) is 4. The molecule has 26 heavy (non-hydrogen) atoms. The lowest BCUT2D eigenvalue weighted by atomic mass is 9.86. The van der Waals surface area contributed by atoms with Crippen LogP contribution in [0.2, 0.25) is 0 Å². The standard InChI is InChI=1S/C19H28N4O2.ClH/c1-19(2,3)15-8-6-13(7-9-15)16(24)11-21-18(25)17(20-4)14-10-22-23(5)12-14;/h6-10,12,16-17,20,24H,11H2,1-5H3,(H,21,25);1H. The van der Waals surface area contributed by atoms with Gasteiger partial charge in [0.05, 0.1) is 12.3 Å². The van der Waals surface area contributed by atoms with Crippen molar-refractivity contribution in [1.29, 1.82) is 0 Å². The van der Waals surface area contributed by atoms with Gasteiger partial charge >= 0.3 is 0 Å². The lowest BCUT2D eigenvalue weighted by Gasteiger charge is -2.20. The van der Waals surface area contributed by atoms with Crippen molar-refractivity contribution in [3.05, 3.63) is 53.3 Å². The molecule has 0 spiro atoms. The van der Waals surface area contributed by atoms with E-state index < -0.39 is 12.1 Å². The van der Waals surface area contributed by atoms with Crippen LogP contribution in [0.5, 0.6) is 0 Å². The zero-order valence-corrected chi connectivity index (χ0v) is 16.8. The van der Waals surface area contributed by atoms with Gasteiger partial charge in [0.25, 0.3) is 0 Å². The van der Waals surface area contributed by atoms with E-state index in [4.69, 9.17) is 0 Å². The third kappa shape index (κ3) is 5.56. The molecule has 1 heterocycles. The second kappa shape index (κ2) is 9.16. The lowest BCUT2D eigenvalue weighted by molar-refractivity contribution is -0.123. The number of hydrogen-bond donors (Lipinski definition) is 3. The van der Waals surface area contributed by atoms with Gasteiger partial charge < -0.3 is 15.7 Å². The highest BCUT2D eigenvalue weighted by Gasteiger charge is 2.21. The summed E-state index contributed by atoms with van der Waals surface area (Å²) in [6.45, 7) is 6.60. The van der Waals surface area contributed by atoms with Crippen LogP contribution in [0.1, 0.15) is 49.6 Å². The predicted molar refractivity (Wildman–Crippen MR) is 105 cm³/mol. The van der Waals surface area contributed by atoms with Crippen molar-refractivity contribution in [2.24, 2.45) is 7.05 Å². The van der Waals surface area contributed by atoms with Gasteiger partial charge in [-0.25, -0.2) is 0 Å². The number of rotatable bonds is 6. The van der Waals surface area contributed by atoms with Gasteiger partial charge in [-0.3, -0.25) is 9.48 Å². The Labute approximate surface area is 161 Å². The van der Waals surface area contributed by atoms with Gasteiger partial charge in [0.1, 0.15) is 6.04 Å². The van der Waals surface area contributed by atoms with Crippen LogP contribution in [0.4, 0.5) is 0 Å². The number of aromatic nitrogens is 2. The first-order chi connectivity index (χ1) is 11.7. The fourth-order valence-corrected chi connectivity index (χ4v) is 2.66. The zero-order chi connectivity index (χ0) is 18.6. The Kier molecular flexibility index (Phi) is 7.81. The summed E-state index contributed by atoms with van der Waals surface area (Å²) in [7, 11) is 3.53. The van der Waals surface area contributed by atoms with Crippen molar-refractivity contribution in [2.75, 3.05) is 13.6 Å². The van der Waals surface area contributed by atoms with E-state index in [9.17, 15) is 9.90 Å². The van der Waals surface area contributed by atoms with Crippen LogP contribution in [0.25, 0.3) is 0 Å². The summed E-state index contributed by atoms with van der Waals surface area (Å²) in [5.74, 6) is -0.194. The molecule has 7 heteroatoms. The molecule has 1 aromatic carbocycles. The van der Waals surface area contributed by atoms with Crippen molar-refractivity contribution in [3.8, 4) is 0 Å². The first-order valence-electron chi connectivity index (χ1n) is 8.44. The van der Waals surface area contributed by atoms with Crippen LogP contribution in [0.3, 0.4) is 0 Å². The number of likely N-dealkylation sites (N-methyl/N-ethyl adjacent to an activating group) is 1. The SMILES string of the molecule is CNC(C(=O)NCC(O)c1ccc(C(C)(C)C)cc1)c1cnn(C)c1.Cl. The molecule has 0 aliphatic heterocycles. The molecule has 0 saturated heterocycles. The Bertz CT molecular complexity index is 707. The van der Waals surface area contributed by atoms with E-state index in [1.807, 2.05) is 24.3 Å². The molecule has 2 unspecified atom stereocenters. The number of carbonyl (C=O) groups excluding carboxylic acids is 1. The van der Waals surface area contributed by atoms with Gasteiger partial charge in [-0.15, -0.1) is 12.4 Å². The van der Waals surface area contributed by atoms with E-state index in [1.165, 1.54) is 5.56 Å². The Morgan fingerprint density at radius 3 is 2.31 bits per heavy atom. The van der Waals surface area contributed by atoms with E-state index in [2.05, 4.69) is 36.5 Å². The Morgan fingerprint density at radius 2 is 1.85 bits per heavy atom. The molecular weight excluding hydrogens is 352 g/mol.